The van der Waals surface area contributed by atoms with Crippen LogP contribution in [0.1, 0.15) is 30.3 Å². The van der Waals surface area contributed by atoms with E-state index in [2.05, 4.69) is 29.3 Å². The second kappa shape index (κ2) is 6.63. The molecule has 1 fully saturated rings. The lowest BCUT2D eigenvalue weighted by Crippen LogP contribution is -2.32. The van der Waals surface area contributed by atoms with Crippen molar-refractivity contribution in [3.63, 3.8) is 0 Å². The van der Waals surface area contributed by atoms with Crippen molar-refractivity contribution in [1.82, 2.24) is 0 Å². The summed E-state index contributed by atoms with van der Waals surface area (Å²) in [6, 6.07) is 17.4. The van der Waals surface area contributed by atoms with Gasteiger partial charge in [-0.05, 0) is 55.2 Å². The van der Waals surface area contributed by atoms with Crippen molar-refractivity contribution in [2.45, 2.75) is 19.8 Å². The van der Waals surface area contributed by atoms with Crippen molar-refractivity contribution >= 4 is 28.3 Å². The summed E-state index contributed by atoms with van der Waals surface area (Å²) in [6.45, 7) is 4.52. The third kappa shape index (κ3) is 3.38. The summed E-state index contributed by atoms with van der Waals surface area (Å²) < 4.78 is 5.61. The van der Waals surface area contributed by atoms with Crippen LogP contribution in [0.4, 0.5) is 11.4 Å². The van der Waals surface area contributed by atoms with Gasteiger partial charge in [0.05, 0.1) is 0 Å². The molecule has 0 atom stereocenters. The Morgan fingerprint density at radius 2 is 1.80 bits per heavy atom. The van der Waals surface area contributed by atoms with Crippen LogP contribution >= 0.6 is 0 Å². The Morgan fingerprint density at radius 3 is 2.52 bits per heavy atom. The summed E-state index contributed by atoms with van der Waals surface area (Å²) in [4.78, 5) is 14.8. The molecule has 0 bridgehead atoms. The summed E-state index contributed by atoms with van der Waals surface area (Å²) >= 11 is 0. The van der Waals surface area contributed by atoms with Gasteiger partial charge in [-0.1, -0.05) is 25.1 Å². The van der Waals surface area contributed by atoms with Crippen LogP contribution in [0.3, 0.4) is 0 Å². The van der Waals surface area contributed by atoms with Crippen molar-refractivity contribution < 1.29 is 9.21 Å². The standard InChI is InChI=1S/C21H22N2O2/c1-15-10-12-23(13-11-15)18-8-6-17(7-9-18)22-21(24)20-14-16-4-2-3-5-19(16)25-20/h2-9,14-15H,10-13H2,1H3,(H,22,24). The highest BCUT2D eigenvalue weighted by Gasteiger charge is 2.16. The molecule has 0 unspecified atom stereocenters. The molecule has 128 valence electrons. The van der Waals surface area contributed by atoms with Crippen molar-refractivity contribution in [2.75, 3.05) is 23.3 Å². The van der Waals surface area contributed by atoms with Gasteiger partial charge in [0.1, 0.15) is 5.58 Å². The SMILES string of the molecule is CC1CCN(c2ccc(NC(=O)c3cc4ccccc4o3)cc2)CC1. The van der Waals surface area contributed by atoms with Gasteiger partial charge >= 0.3 is 0 Å². The molecule has 0 radical (unpaired) electrons. The fourth-order valence-electron chi connectivity index (χ4n) is 3.31. The zero-order chi connectivity index (χ0) is 17.2. The van der Waals surface area contributed by atoms with Crippen LogP contribution in [-0.2, 0) is 0 Å². The third-order valence-electron chi connectivity index (χ3n) is 4.92. The molecular formula is C21H22N2O2. The van der Waals surface area contributed by atoms with E-state index in [1.54, 1.807) is 6.07 Å². The van der Waals surface area contributed by atoms with Gasteiger partial charge in [0, 0.05) is 29.9 Å². The Balaban J connectivity index is 1.44. The van der Waals surface area contributed by atoms with Crippen LogP contribution < -0.4 is 10.2 Å². The van der Waals surface area contributed by atoms with Crippen LogP contribution in [0.15, 0.2) is 59.0 Å². The highest BCUT2D eigenvalue weighted by atomic mass is 16.3. The molecule has 2 aromatic carbocycles. The molecule has 1 saturated heterocycles. The minimum Gasteiger partial charge on any atom is -0.451 e. The quantitative estimate of drug-likeness (QED) is 0.739. The minimum absolute atomic E-state index is 0.226. The number of fused-ring (bicyclic) bond motifs is 1. The number of hydrogen-bond donors (Lipinski definition) is 1. The predicted molar refractivity (Wildman–Crippen MR) is 101 cm³/mol. The lowest BCUT2D eigenvalue weighted by molar-refractivity contribution is 0.0998. The maximum absolute atomic E-state index is 12.4. The minimum atomic E-state index is -0.226. The van der Waals surface area contributed by atoms with E-state index in [1.807, 2.05) is 36.4 Å². The molecule has 0 aliphatic carbocycles. The van der Waals surface area contributed by atoms with Crippen LogP contribution in [0, 0.1) is 5.92 Å². The molecule has 3 aromatic rings. The summed E-state index contributed by atoms with van der Waals surface area (Å²) in [5.41, 5.74) is 2.72. The molecule has 1 N–H and O–H groups in total. The summed E-state index contributed by atoms with van der Waals surface area (Å²) in [6.07, 6.45) is 2.48. The van der Waals surface area contributed by atoms with Gasteiger partial charge in [0.25, 0.3) is 5.91 Å². The lowest BCUT2D eigenvalue weighted by Gasteiger charge is -2.32. The second-order valence-electron chi connectivity index (χ2n) is 6.82. The van der Waals surface area contributed by atoms with E-state index in [9.17, 15) is 4.79 Å². The maximum Gasteiger partial charge on any atom is 0.291 e. The topological polar surface area (TPSA) is 45.5 Å². The average Bonchev–Trinajstić information content (AvgIpc) is 3.07. The van der Waals surface area contributed by atoms with Gasteiger partial charge in [-0.15, -0.1) is 0 Å². The molecule has 2 heterocycles. The number of piperidine rings is 1. The monoisotopic (exact) mass is 334 g/mol. The third-order valence-corrected chi connectivity index (χ3v) is 4.92. The van der Waals surface area contributed by atoms with Crippen molar-refractivity contribution in [3.8, 4) is 0 Å². The smallest absolute Gasteiger partial charge is 0.291 e. The molecule has 4 rings (SSSR count). The highest BCUT2D eigenvalue weighted by molar-refractivity contribution is 6.04. The molecule has 4 nitrogen and oxygen atoms in total. The van der Waals surface area contributed by atoms with E-state index < -0.39 is 0 Å². The molecule has 4 heteroatoms. The fraction of sp³-hybridized carbons (Fsp3) is 0.286. The molecule has 0 saturated carbocycles. The summed E-state index contributed by atoms with van der Waals surface area (Å²) in [7, 11) is 0. The van der Waals surface area contributed by atoms with Gasteiger partial charge in [0.2, 0.25) is 0 Å². The molecule has 0 spiro atoms. The predicted octanol–water partition coefficient (Wildman–Crippen LogP) is 4.92. The Labute approximate surface area is 147 Å². The first-order chi connectivity index (χ1) is 12.2. The van der Waals surface area contributed by atoms with E-state index in [1.165, 1.54) is 18.5 Å². The fourth-order valence-corrected chi connectivity index (χ4v) is 3.31. The van der Waals surface area contributed by atoms with Gasteiger partial charge < -0.3 is 14.6 Å². The number of furan rings is 1. The number of amides is 1. The molecule has 25 heavy (non-hydrogen) atoms. The Bertz CT molecular complexity index is 841. The van der Waals surface area contributed by atoms with E-state index in [0.29, 0.717) is 5.76 Å². The Morgan fingerprint density at radius 1 is 1.08 bits per heavy atom. The number of nitrogens with one attached hydrogen (secondary N) is 1. The summed E-state index contributed by atoms with van der Waals surface area (Å²) in [5, 5.41) is 3.84. The highest BCUT2D eigenvalue weighted by Crippen LogP contribution is 2.25. The second-order valence-corrected chi connectivity index (χ2v) is 6.82. The number of benzene rings is 2. The van der Waals surface area contributed by atoms with Crippen molar-refractivity contribution in [1.29, 1.82) is 0 Å². The lowest BCUT2D eigenvalue weighted by atomic mass is 9.99. The molecular weight excluding hydrogens is 312 g/mol. The first-order valence-electron chi connectivity index (χ1n) is 8.84. The number of carbonyl (C=O) groups is 1. The van der Waals surface area contributed by atoms with Gasteiger partial charge in [0.15, 0.2) is 5.76 Å². The van der Waals surface area contributed by atoms with Gasteiger partial charge in [-0.25, -0.2) is 0 Å². The maximum atomic E-state index is 12.4. The zero-order valence-electron chi connectivity index (χ0n) is 14.4. The summed E-state index contributed by atoms with van der Waals surface area (Å²) in [5.74, 6) is 0.921. The van der Waals surface area contributed by atoms with E-state index >= 15 is 0 Å². The van der Waals surface area contributed by atoms with E-state index in [0.717, 1.165) is 35.7 Å². The molecule has 1 aliphatic rings. The number of nitrogens with zero attached hydrogens (tertiary/aromatic N) is 1. The molecule has 1 amide bonds. The first-order valence-corrected chi connectivity index (χ1v) is 8.84. The van der Waals surface area contributed by atoms with Crippen molar-refractivity contribution in [3.05, 3.63) is 60.4 Å². The van der Waals surface area contributed by atoms with Gasteiger partial charge in [-0.2, -0.15) is 0 Å². The molecule has 1 aromatic heterocycles. The number of rotatable bonds is 3. The number of carbonyl (C=O) groups excluding carboxylic acids is 1. The number of para-hydroxylation sites is 1. The normalized spacial score (nSPS) is 15.5. The average molecular weight is 334 g/mol. The van der Waals surface area contributed by atoms with Crippen molar-refractivity contribution in [2.24, 2.45) is 5.92 Å². The Kier molecular flexibility index (Phi) is 4.18. The molecule has 1 aliphatic heterocycles. The van der Waals surface area contributed by atoms with Crippen LogP contribution in [0.25, 0.3) is 11.0 Å². The van der Waals surface area contributed by atoms with E-state index in [4.69, 9.17) is 4.42 Å². The van der Waals surface area contributed by atoms with E-state index in [-0.39, 0.29) is 5.91 Å². The van der Waals surface area contributed by atoms with Gasteiger partial charge in [-0.3, -0.25) is 4.79 Å². The largest absolute Gasteiger partial charge is 0.451 e. The van der Waals surface area contributed by atoms with Crippen LogP contribution in [0.2, 0.25) is 0 Å². The Hall–Kier alpha value is -2.75. The number of hydrogen-bond acceptors (Lipinski definition) is 3. The van der Waals surface area contributed by atoms with Crippen LogP contribution in [0.5, 0.6) is 0 Å². The first kappa shape index (κ1) is 15.8. The van der Waals surface area contributed by atoms with Crippen LogP contribution in [-0.4, -0.2) is 19.0 Å². The zero-order valence-corrected chi connectivity index (χ0v) is 14.4. The number of anilines is 2.